The van der Waals surface area contributed by atoms with E-state index in [1.165, 1.54) is 0 Å². The number of aliphatic hydroxyl groups excluding tert-OH is 1. The number of carboxylic acids is 1. The molecule has 1 fully saturated rings. The summed E-state index contributed by atoms with van der Waals surface area (Å²) in [6.45, 7) is 1.28. The number of nitrogens with zero attached hydrogens (tertiary/aromatic N) is 1. The Labute approximate surface area is 65.4 Å². The van der Waals surface area contributed by atoms with Gasteiger partial charge in [0.25, 0.3) is 0 Å². The first-order valence-corrected chi connectivity index (χ1v) is 3.68. The third-order valence-electron chi connectivity index (χ3n) is 2.03. The number of carbonyl (C=O) groups is 1. The molecule has 0 aromatic rings. The molecule has 1 rings (SSSR count). The first-order valence-electron chi connectivity index (χ1n) is 3.68. The molecule has 0 aliphatic carbocycles. The lowest BCUT2D eigenvalue weighted by Gasteiger charge is -2.08. The molecule has 1 aliphatic rings. The van der Waals surface area contributed by atoms with Crippen LogP contribution in [0.3, 0.4) is 0 Å². The zero-order valence-electron chi connectivity index (χ0n) is 6.53. The molecule has 2 atom stereocenters. The maximum atomic E-state index is 10.3. The van der Waals surface area contributed by atoms with Crippen LogP contribution in [0.25, 0.3) is 0 Å². The van der Waals surface area contributed by atoms with Crippen molar-refractivity contribution in [1.29, 1.82) is 0 Å². The predicted molar refractivity (Wildman–Crippen MR) is 39.2 cm³/mol. The lowest BCUT2D eigenvalue weighted by atomic mass is 10.0. The average Bonchev–Trinajstić information content (AvgIpc) is 2.09. The lowest BCUT2D eigenvalue weighted by Crippen LogP contribution is -2.20. The van der Waals surface area contributed by atoms with Crippen molar-refractivity contribution in [3.8, 4) is 0 Å². The van der Waals surface area contributed by atoms with Gasteiger partial charge in [0, 0.05) is 19.0 Å². The summed E-state index contributed by atoms with van der Waals surface area (Å²) in [7, 11) is 1.88. The molecule has 4 heteroatoms. The first-order chi connectivity index (χ1) is 5.09. The molecular formula is C7H13NO3. The average molecular weight is 159 g/mol. The van der Waals surface area contributed by atoms with Crippen molar-refractivity contribution in [1.82, 2.24) is 4.90 Å². The van der Waals surface area contributed by atoms with Gasteiger partial charge in [-0.05, 0) is 7.05 Å². The SMILES string of the molecule is CN1CC(O)C(CC(=O)O)C1. The minimum atomic E-state index is -0.829. The number of carboxylic acid groups (broad SMARTS) is 1. The molecule has 4 nitrogen and oxygen atoms in total. The second-order valence-electron chi connectivity index (χ2n) is 3.15. The molecule has 2 unspecified atom stereocenters. The summed E-state index contributed by atoms with van der Waals surface area (Å²) in [5.74, 6) is -0.915. The number of likely N-dealkylation sites (tertiary alicyclic amines) is 1. The van der Waals surface area contributed by atoms with E-state index >= 15 is 0 Å². The van der Waals surface area contributed by atoms with Crippen LogP contribution in [0.5, 0.6) is 0 Å². The van der Waals surface area contributed by atoms with E-state index in [-0.39, 0.29) is 12.3 Å². The van der Waals surface area contributed by atoms with Crippen molar-refractivity contribution in [2.75, 3.05) is 20.1 Å². The van der Waals surface area contributed by atoms with Crippen LogP contribution in [0.1, 0.15) is 6.42 Å². The molecule has 0 saturated carbocycles. The van der Waals surface area contributed by atoms with Gasteiger partial charge < -0.3 is 15.1 Å². The summed E-state index contributed by atoms with van der Waals surface area (Å²) < 4.78 is 0. The van der Waals surface area contributed by atoms with Gasteiger partial charge in [-0.2, -0.15) is 0 Å². The Kier molecular flexibility index (Phi) is 2.46. The molecule has 2 N–H and O–H groups in total. The second-order valence-corrected chi connectivity index (χ2v) is 3.15. The van der Waals surface area contributed by atoms with Crippen molar-refractivity contribution >= 4 is 5.97 Å². The van der Waals surface area contributed by atoms with Crippen LogP contribution >= 0.6 is 0 Å². The van der Waals surface area contributed by atoms with Gasteiger partial charge in [0.15, 0.2) is 0 Å². The van der Waals surface area contributed by atoms with Crippen LogP contribution in [-0.4, -0.2) is 47.3 Å². The number of aliphatic carboxylic acids is 1. The van der Waals surface area contributed by atoms with Crippen molar-refractivity contribution in [2.24, 2.45) is 5.92 Å². The Balaban J connectivity index is 2.40. The van der Waals surface area contributed by atoms with Gasteiger partial charge in [-0.15, -0.1) is 0 Å². The van der Waals surface area contributed by atoms with E-state index in [0.717, 1.165) is 0 Å². The third kappa shape index (κ3) is 2.17. The number of rotatable bonds is 2. The standard InChI is InChI=1S/C7H13NO3/c1-8-3-5(2-7(10)11)6(9)4-8/h5-6,9H,2-4H2,1H3,(H,10,11). The Morgan fingerprint density at radius 3 is 2.64 bits per heavy atom. The Bertz CT molecular complexity index is 160. The van der Waals surface area contributed by atoms with Gasteiger partial charge in [0.1, 0.15) is 0 Å². The van der Waals surface area contributed by atoms with Crippen LogP contribution in [-0.2, 0) is 4.79 Å². The van der Waals surface area contributed by atoms with Crippen molar-refractivity contribution in [3.05, 3.63) is 0 Å². The van der Waals surface area contributed by atoms with Gasteiger partial charge in [-0.1, -0.05) is 0 Å². The summed E-state index contributed by atoms with van der Waals surface area (Å²) >= 11 is 0. The highest BCUT2D eigenvalue weighted by atomic mass is 16.4. The molecule has 64 valence electrons. The van der Waals surface area contributed by atoms with Gasteiger partial charge in [-0.3, -0.25) is 4.79 Å². The molecule has 0 spiro atoms. The Morgan fingerprint density at radius 1 is 1.64 bits per heavy atom. The van der Waals surface area contributed by atoms with E-state index in [2.05, 4.69) is 0 Å². The van der Waals surface area contributed by atoms with Crippen LogP contribution < -0.4 is 0 Å². The van der Waals surface area contributed by atoms with E-state index in [4.69, 9.17) is 5.11 Å². The maximum Gasteiger partial charge on any atom is 0.303 e. The van der Waals surface area contributed by atoms with Gasteiger partial charge in [0.05, 0.1) is 12.5 Å². The highest BCUT2D eigenvalue weighted by Crippen LogP contribution is 2.18. The van der Waals surface area contributed by atoms with E-state index < -0.39 is 12.1 Å². The van der Waals surface area contributed by atoms with E-state index in [1.54, 1.807) is 0 Å². The number of hydrogen-bond donors (Lipinski definition) is 2. The molecule has 11 heavy (non-hydrogen) atoms. The molecule has 1 saturated heterocycles. The van der Waals surface area contributed by atoms with E-state index in [0.29, 0.717) is 13.1 Å². The predicted octanol–water partition coefficient (Wildman–Crippen LogP) is -0.616. The fraction of sp³-hybridized carbons (Fsp3) is 0.857. The summed E-state index contributed by atoms with van der Waals surface area (Å²) in [5.41, 5.74) is 0. The van der Waals surface area contributed by atoms with Crippen molar-refractivity contribution < 1.29 is 15.0 Å². The van der Waals surface area contributed by atoms with Crippen LogP contribution in [0.2, 0.25) is 0 Å². The summed E-state index contributed by atoms with van der Waals surface area (Å²) in [5, 5.41) is 17.8. The summed E-state index contributed by atoms with van der Waals surface area (Å²) in [6.07, 6.45) is -0.387. The lowest BCUT2D eigenvalue weighted by molar-refractivity contribution is -0.138. The maximum absolute atomic E-state index is 10.3. The van der Waals surface area contributed by atoms with Crippen LogP contribution in [0.15, 0.2) is 0 Å². The quantitative estimate of drug-likeness (QED) is 0.564. The highest BCUT2D eigenvalue weighted by molar-refractivity contribution is 5.67. The summed E-state index contributed by atoms with van der Waals surface area (Å²) in [4.78, 5) is 12.2. The van der Waals surface area contributed by atoms with Crippen LogP contribution in [0.4, 0.5) is 0 Å². The van der Waals surface area contributed by atoms with Gasteiger partial charge in [0.2, 0.25) is 0 Å². The minimum Gasteiger partial charge on any atom is -0.481 e. The number of aliphatic hydroxyl groups is 1. The molecular weight excluding hydrogens is 146 g/mol. The topological polar surface area (TPSA) is 60.8 Å². The molecule has 1 heterocycles. The number of likely N-dealkylation sites (N-methyl/N-ethyl adjacent to an activating group) is 1. The van der Waals surface area contributed by atoms with Crippen LogP contribution in [0, 0.1) is 5.92 Å². The fourth-order valence-corrected chi connectivity index (χ4v) is 1.49. The van der Waals surface area contributed by atoms with Crippen molar-refractivity contribution in [2.45, 2.75) is 12.5 Å². The molecule has 1 aliphatic heterocycles. The molecule has 0 bridgehead atoms. The first kappa shape index (κ1) is 8.49. The zero-order valence-corrected chi connectivity index (χ0v) is 6.53. The second kappa shape index (κ2) is 3.19. The molecule has 0 aromatic heterocycles. The highest BCUT2D eigenvalue weighted by Gasteiger charge is 2.30. The minimum absolute atomic E-state index is 0.0749. The Hall–Kier alpha value is -0.610. The van der Waals surface area contributed by atoms with Gasteiger partial charge in [-0.25, -0.2) is 0 Å². The Morgan fingerprint density at radius 2 is 2.27 bits per heavy atom. The van der Waals surface area contributed by atoms with E-state index in [1.807, 2.05) is 11.9 Å². The number of β-amino-alcohol motifs (C(OH)–C–C–N with tert-alkyl or cyclic N) is 1. The largest absolute Gasteiger partial charge is 0.481 e. The summed E-state index contributed by atoms with van der Waals surface area (Å²) in [6, 6.07) is 0. The normalized spacial score (nSPS) is 32.5. The van der Waals surface area contributed by atoms with Gasteiger partial charge >= 0.3 is 5.97 Å². The van der Waals surface area contributed by atoms with E-state index in [9.17, 15) is 9.90 Å². The monoisotopic (exact) mass is 159 g/mol. The molecule has 0 amide bonds. The molecule has 0 aromatic carbocycles. The fourth-order valence-electron chi connectivity index (χ4n) is 1.49. The van der Waals surface area contributed by atoms with Crippen molar-refractivity contribution in [3.63, 3.8) is 0 Å². The third-order valence-corrected chi connectivity index (χ3v) is 2.03. The number of hydrogen-bond acceptors (Lipinski definition) is 3. The smallest absolute Gasteiger partial charge is 0.303 e. The molecule has 0 radical (unpaired) electrons. The zero-order chi connectivity index (χ0) is 8.43.